The van der Waals surface area contributed by atoms with Crippen molar-refractivity contribution in [3.63, 3.8) is 0 Å². The molecule has 0 unspecified atom stereocenters. The Balaban J connectivity index is 2.28. The van der Waals surface area contributed by atoms with Crippen molar-refractivity contribution in [1.29, 1.82) is 0 Å². The maximum absolute atomic E-state index is 4.41. The summed E-state index contributed by atoms with van der Waals surface area (Å²) < 4.78 is 0. The smallest absolute Gasteiger partial charge is 0.129 e. The van der Waals surface area contributed by atoms with Crippen molar-refractivity contribution in [3.8, 4) is 0 Å². The van der Waals surface area contributed by atoms with Gasteiger partial charge in [-0.05, 0) is 11.6 Å². The molecule has 0 bridgehead atoms. The average molecular weight is 219 g/mol. The number of aromatic nitrogens is 1. The lowest BCUT2D eigenvalue weighted by molar-refractivity contribution is 1.39. The maximum atomic E-state index is 4.41. The average Bonchev–Trinajstić information content (AvgIpc) is 2.72. The number of thiol groups is 1. The molecule has 1 aromatic heterocycles. The Kier molecular flexibility index (Phi) is 3.01. The molecule has 1 heterocycles. The zero-order valence-corrected chi connectivity index (χ0v) is 9.13. The third-order valence-electron chi connectivity index (χ3n) is 1.75. The predicted molar refractivity (Wildman–Crippen MR) is 65.4 cm³/mol. The summed E-state index contributed by atoms with van der Waals surface area (Å²) in [6.45, 7) is 0. The van der Waals surface area contributed by atoms with Crippen LogP contribution in [0.1, 0.15) is 10.6 Å². The number of thiazole rings is 1. The summed E-state index contributed by atoms with van der Waals surface area (Å²) in [4.78, 5) is 5.09. The highest BCUT2D eigenvalue weighted by Crippen LogP contribution is 2.22. The molecule has 0 saturated heterocycles. The highest BCUT2D eigenvalue weighted by molar-refractivity contribution is 7.91. The molecule has 0 fully saturated rings. The van der Waals surface area contributed by atoms with Gasteiger partial charge in [-0.15, -0.1) is 24.0 Å². The molecule has 2 rings (SSSR count). The van der Waals surface area contributed by atoms with Gasteiger partial charge in [0.1, 0.15) is 5.01 Å². The molecule has 0 amide bonds. The molecular weight excluding hydrogens is 210 g/mol. The Labute approximate surface area is 92.5 Å². The monoisotopic (exact) mass is 219 g/mol. The standard InChI is InChI=1S/C11H9NS2/c13-10(11-12-6-7-14-11)8-9-4-2-1-3-5-9/h1-8,13H. The van der Waals surface area contributed by atoms with Gasteiger partial charge < -0.3 is 0 Å². The van der Waals surface area contributed by atoms with Crippen LogP contribution in [0.15, 0.2) is 41.9 Å². The lowest BCUT2D eigenvalue weighted by Crippen LogP contribution is -1.74. The molecular formula is C11H9NS2. The molecule has 3 heteroatoms. The first kappa shape index (κ1) is 9.49. The van der Waals surface area contributed by atoms with E-state index in [0.717, 1.165) is 15.5 Å². The molecule has 14 heavy (non-hydrogen) atoms. The van der Waals surface area contributed by atoms with Crippen LogP contribution < -0.4 is 0 Å². The molecule has 70 valence electrons. The number of hydrogen-bond acceptors (Lipinski definition) is 3. The fourth-order valence-corrected chi connectivity index (χ4v) is 2.04. The Morgan fingerprint density at radius 1 is 1.29 bits per heavy atom. The van der Waals surface area contributed by atoms with Gasteiger partial charge in [0.25, 0.3) is 0 Å². The van der Waals surface area contributed by atoms with Crippen LogP contribution in [0, 0.1) is 0 Å². The van der Waals surface area contributed by atoms with Crippen molar-refractivity contribution in [2.24, 2.45) is 0 Å². The number of rotatable bonds is 2. The van der Waals surface area contributed by atoms with E-state index < -0.39 is 0 Å². The van der Waals surface area contributed by atoms with Gasteiger partial charge in [-0.2, -0.15) is 0 Å². The van der Waals surface area contributed by atoms with Crippen LogP contribution in [0.3, 0.4) is 0 Å². The third-order valence-corrected chi connectivity index (χ3v) is 3.05. The van der Waals surface area contributed by atoms with Crippen molar-refractivity contribution < 1.29 is 0 Å². The zero-order chi connectivity index (χ0) is 9.80. The molecule has 0 spiro atoms. The van der Waals surface area contributed by atoms with Crippen LogP contribution in [0.4, 0.5) is 0 Å². The van der Waals surface area contributed by atoms with Crippen LogP contribution in [0.5, 0.6) is 0 Å². The molecule has 0 radical (unpaired) electrons. The van der Waals surface area contributed by atoms with Crippen LogP contribution >= 0.6 is 24.0 Å². The van der Waals surface area contributed by atoms with Gasteiger partial charge in [-0.25, -0.2) is 4.98 Å². The van der Waals surface area contributed by atoms with Crippen LogP contribution in [0.2, 0.25) is 0 Å². The molecule has 0 N–H and O–H groups in total. The molecule has 0 saturated carbocycles. The van der Waals surface area contributed by atoms with Gasteiger partial charge in [0.05, 0.1) is 0 Å². The van der Waals surface area contributed by atoms with E-state index in [2.05, 4.69) is 17.6 Å². The van der Waals surface area contributed by atoms with E-state index >= 15 is 0 Å². The number of benzene rings is 1. The van der Waals surface area contributed by atoms with Crippen molar-refractivity contribution in [3.05, 3.63) is 52.5 Å². The second-order valence-corrected chi connectivity index (χ2v) is 4.15. The summed E-state index contributed by atoms with van der Waals surface area (Å²) in [5.41, 5.74) is 1.15. The normalized spacial score (nSPS) is 11.6. The molecule has 0 aliphatic heterocycles. The van der Waals surface area contributed by atoms with Crippen molar-refractivity contribution in [1.82, 2.24) is 4.98 Å². The minimum atomic E-state index is 0.909. The van der Waals surface area contributed by atoms with Crippen LogP contribution in [-0.4, -0.2) is 4.98 Å². The van der Waals surface area contributed by atoms with Gasteiger partial charge in [0.2, 0.25) is 0 Å². The first-order chi connectivity index (χ1) is 6.86. The Hall–Kier alpha value is -1.06. The second-order valence-electron chi connectivity index (χ2n) is 2.78. The van der Waals surface area contributed by atoms with Crippen molar-refractivity contribution in [2.75, 3.05) is 0 Å². The highest BCUT2D eigenvalue weighted by atomic mass is 32.1. The Morgan fingerprint density at radius 3 is 2.71 bits per heavy atom. The number of nitrogens with zero attached hydrogens (tertiary/aromatic N) is 1. The van der Waals surface area contributed by atoms with E-state index in [1.807, 2.05) is 41.8 Å². The second kappa shape index (κ2) is 4.44. The molecule has 2 aromatic rings. The molecule has 0 aliphatic carbocycles. The molecule has 0 atom stereocenters. The minimum absolute atomic E-state index is 0.909. The summed E-state index contributed by atoms with van der Waals surface area (Å²) in [5, 5.41) is 2.90. The summed E-state index contributed by atoms with van der Waals surface area (Å²) >= 11 is 6.00. The summed E-state index contributed by atoms with van der Waals surface area (Å²) in [7, 11) is 0. The van der Waals surface area contributed by atoms with Crippen LogP contribution in [-0.2, 0) is 0 Å². The molecule has 1 nitrogen and oxygen atoms in total. The first-order valence-corrected chi connectivity index (χ1v) is 5.54. The van der Waals surface area contributed by atoms with Gasteiger partial charge in [0, 0.05) is 16.5 Å². The topological polar surface area (TPSA) is 12.9 Å². The maximum Gasteiger partial charge on any atom is 0.129 e. The quantitative estimate of drug-likeness (QED) is 0.762. The highest BCUT2D eigenvalue weighted by Gasteiger charge is 1.98. The Morgan fingerprint density at radius 2 is 2.07 bits per heavy atom. The fourth-order valence-electron chi connectivity index (χ4n) is 1.12. The fraction of sp³-hybridized carbons (Fsp3) is 0. The lowest BCUT2D eigenvalue weighted by Gasteiger charge is -1.95. The largest absolute Gasteiger partial charge is 0.244 e. The van der Waals surface area contributed by atoms with E-state index in [9.17, 15) is 0 Å². The van der Waals surface area contributed by atoms with Gasteiger partial charge in [-0.1, -0.05) is 30.3 Å². The van der Waals surface area contributed by atoms with Gasteiger partial charge in [-0.3, -0.25) is 0 Å². The third kappa shape index (κ3) is 2.25. The van der Waals surface area contributed by atoms with E-state index in [1.165, 1.54) is 0 Å². The molecule has 1 aromatic carbocycles. The van der Waals surface area contributed by atoms with E-state index in [-0.39, 0.29) is 0 Å². The van der Waals surface area contributed by atoms with E-state index in [1.54, 1.807) is 17.5 Å². The van der Waals surface area contributed by atoms with Gasteiger partial charge in [0.15, 0.2) is 0 Å². The lowest BCUT2D eigenvalue weighted by atomic mass is 10.2. The summed E-state index contributed by atoms with van der Waals surface area (Å²) in [6.07, 6.45) is 3.80. The summed E-state index contributed by atoms with van der Waals surface area (Å²) in [5.74, 6) is 0. The van der Waals surface area contributed by atoms with Gasteiger partial charge >= 0.3 is 0 Å². The van der Waals surface area contributed by atoms with E-state index in [4.69, 9.17) is 0 Å². The van der Waals surface area contributed by atoms with Crippen molar-refractivity contribution >= 4 is 34.9 Å². The van der Waals surface area contributed by atoms with Crippen molar-refractivity contribution in [2.45, 2.75) is 0 Å². The summed E-state index contributed by atoms with van der Waals surface area (Å²) in [6, 6.07) is 10.1. The Bertz CT molecular complexity index is 418. The van der Waals surface area contributed by atoms with Crippen LogP contribution in [0.25, 0.3) is 11.0 Å². The first-order valence-electron chi connectivity index (χ1n) is 4.22. The predicted octanol–water partition coefficient (Wildman–Crippen LogP) is 3.57. The van der Waals surface area contributed by atoms with E-state index in [0.29, 0.717) is 0 Å². The molecule has 0 aliphatic rings. The zero-order valence-electron chi connectivity index (χ0n) is 7.42. The SMILES string of the molecule is SC(=Cc1ccccc1)c1nccs1. The number of hydrogen-bond donors (Lipinski definition) is 1. The minimum Gasteiger partial charge on any atom is -0.244 e.